The molecule has 0 aliphatic rings. The normalized spacial score (nSPS) is 10.9. The maximum Gasteiger partial charge on any atom is 0.298 e. The van der Waals surface area contributed by atoms with Gasteiger partial charge in [-0.05, 0) is 36.2 Å². The van der Waals surface area contributed by atoms with Crippen LogP contribution in [0.2, 0.25) is 0 Å². The van der Waals surface area contributed by atoms with Crippen LogP contribution in [0, 0.1) is 6.92 Å². The minimum Gasteiger partial charge on any atom is -0.480 e. The Labute approximate surface area is 121 Å². The fraction of sp³-hybridized carbons (Fsp3) is 0.286. The number of aromatic nitrogens is 2. The summed E-state index contributed by atoms with van der Waals surface area (Å²) in [6.07, 6.45) is 0. The van der Waals surface area contributed by atoms with Crippen molar-refractivity contribution in [3.8, 4) is 5.88 Å². The molecule has 0 unspecified atom stereocenters. The van der Waals surface area contributed by atoms with Crippen LogP contribution in [0.15, 0.2) is 28.0 Å². The Morgan fingerprint density at radius 3 is 3.05 bits per heavy atom. The Bertz CT molecular complexity index is 735. The Hall–Kier alpha value is -2.08. The molecule has 0 atom stereocenters. The molecule has 5 nitrogen and oxygen atoms in total. The van der Waals surface area contributed by atoms with Gasteiger partial charge in [-0.3, -0.25) is 0 Å². The number of rotatable bonds is 4. The van der Waals surface area contributed by atoms with Crippen molar-refractivity contribution in [1.29, 1.82) is 0 Å². The van der Waals surface area contributed by atoms with Crippen molar-refractivity contribution >= 4 is 28.6 Å². The van der Waals surface area contributed by atoms with Gasteiger partial charge in [-0.2, -0.15) is 9.36 Å². The van der Waals surface area contributed by atoms with Gasteiger partial charge in [0.05, 0.1) is 13.7 Å². The van der Waals surface area contributed by atoms with Gasteiger partial charge in [0.25, 0.3) is 6.01 Å². The number of benzene rings is 1. The van der Waals surface area contributed by atoms with Gasteiger partial charge < -0.3 is 14.1 Å². The van der Waals surface area contributed by atoms with E-state index >= 15 is 0 Å². The van der Waals surface area contributed by atoms with E-state index in [1.165, 1.54) is 17.1 Å². The first-order valence-electron chi connectivity index (χ1n) is 6.23. The summed E-state index contributed by atoms with van der Waals surface area (Å²) in [5.41, 5.74) is 3.87. The van der Waals surface area contributed by atoms with Crippen LogP contribution < -0.4 is 9.64 Å². The molecule has 0 bridgehead atoms. The first kappa shape index (κ1) is 12.9. The number of nitrogens with zero attached hydrogens (tertiary/aromatic N) is 3. The molecule has 0 saturated carbocycles. The minimum absolute atomic E-state index is 0.596. The van der Waals surface area contributed by atoms with Crippen LogP contribution in [0.25, 0.3) is 11.1 Å². The average molecular weight is 289 g/mol. The molecule has 0 spiro atoms. The number of anilines is 1. The van der Waals surface area contributed by atoms with Crippen LogP contribution in [0.5, 0.6) is 5.88 Å². The van der Waals surface area contributed by atoms with Crippen molar-refractivity contribution in [3.05, 3.63) is 34.7 Å². The maximum atomic E-state index is 5.76. The van der Waals surface area contributed by atoms with Gasteiger partial charge in [-0.25, -0.2) is 0 Å². The molecule has 6 heteroatoms. The lowest BCUT2D eigenvalue weighted by atomic mass is 10.2. The molecule has 0 N–H and O–H groups in total. The van der Waals surface area contributed by atoms with E-state index < -0.39 is 0 Å². The average Bonchev–Trinajstić information content (AvgIpc) is 3.04. The Balaban J connectivity index is 1.86. The standard InChI is InChI=1S/C14H15N3O2S/c1-9-4-5-12-11(6-9)15-14(19-12)17(2)7-10-8-20-16-13(10)18-3/h4-6,8H,7H2,1-3H3. The van der Waals surface area contributed by atoms with E-state index in [1.807, 2.05) is 42.5 Å². The predicted molar refractivity (Wildman–Crippen MR) is 79.5 cm³/mol. The summed E-state index contributed by atoms with van der Waals surface area (Å²) >= 11 is 1.38. The van der Waals surface area contributed by atoms with Gasteiger partial charge in [-0.1, -0.05) is 6.07 Å². The number of fused-ring (bicyclic) bond motifs is 1. The third kappa shape index (κ3) is 2.34. The molecule has 0 amide bonds. The fourth-order valence-corrected chi connectivity index (χ4v) is 2.67. The van der Waals surface area contributed by atoms with E-state index in [9.17, 15) is 0 Å². The lowest BCUT2D eigenvalue weighted by molar-refractivity contribution is 0.397. The molecule has 0 aliphatic carbocycles. The topological polar surface area (TPSA) is 51.4 Å². The van der Waals surface area contributed by atoms with Crippen molar-refractivity contribution in [2.24, 2.45) is 0 Å². The quantitative estimate of drug-likeness (QED) is 0.738. The third-order valence-corrected chi connectivity index (χ3v) is 3.73. The van der Waals surface area contributed by atoms with Crippen LogP contribution in [0.3, 0.4) is 0 Å². The third-order valence-electron chi connectivity index (χ3n) is 3.06. The predicted octanol–water partition coefficient (Wildman–Crippen LogP) is 3.24. The van der Waals surface area contributed by atoms with Gasteiger partial charge in [0, 0.05) is 18.0 Å². The van der Waals surface area contributed by atoms with Gasteiger partial charge >= 0.3 is 0 Å². The van der Waals surface area contributed by atoms with Crippen LogP contribution in [0.4, 0.5) is 6.01 Å². The lowest BCUT2D eigenvalue weighted by Crippen LogP contribution is -2.16. The first-order chi connectivity index (χ1) is 9.67. The zero-order chi connectivity index (χ0) is 14.1. The number of ether oxygens (including phenoxy) is 1. The van der Waals surface area contributed by atoms with Gasteiger partial charge in [0.1, 0.15) is 5.52 Å². The van der Waals surface area contributed by atoms with Gasteiger partial charge in [0.15, 0.2) is 5.58 Å². The van der Waals surface area contributed by atoms with Gasteiger partial charge in [-0.15, -0.1) is 0 Å². The molecule has 3 aromatic rings. The van der Waals surface area contributed by atoms with Crippen LogP contribution in [0.1, 0.15) is 11.1 Å². The molecule has 20 heavy (non-hydrogen) atoms. The number of hydrogen-bond donors (Lipinski definition) is 0. The van der Waals surface area contributed by atoms with Crippen molar-refractivity contribution < 1.29 is 9.15 Å². The fourth-order valence-electron chi connectivity index (χ4n) is 2.03. The maximum absolute atomic E-state index is 5.76. The molecule has 2 aromatic heterocycles. The number of hydrogen-bond acceptors (Lipinski definition) is 6. The molecule has 0 saturated heterocycles. The summed E-state index contributed by atoms with van der Waals surface area (Å²) in [4.78, 5) is 6.46. The second-order valence-electron chi connectivity index (χ2n) is 4.67. The van der Waals surface area contributed by atoms with E-state index in [0.717, 1.165) is 16.7 Å². The van der Waals surface area contributed by atoms with Crippen molar-refractivity contribution in [1.82, 2.24) is 9.36 Å². The molecule has 3 rings (SSSR count). The minimum atomic E-state index is 0.596. The summed E-state index contributed by atoms with van der Waals surface area (Å²) in [5, 5.41) is 1.97. The molecular weight excluding hydrogens is 274 g/mol. The number of oxazole rings is 1. The zero-order valence-corrected chi connectivity index (χ0v) is 12.4. The smallest absolute Gasteiger partial charge is 0.298 e. The van der Waals surface area contributed by atoms with Gasteiger partial charge in [0.2, 0.25) is 5.88 Å². The van der Waals surface area contributed by atoms with E-state index in [-0.39, 0.29) is 0 Å². The second kappa shape index (κ2) is 5.13. The number of methoxy groups -OCH3 is 1. The van der Waals surface area contributed by atoms with Crippen LogP contribution >= 0.6 is 11.5 Å². The monoisotopic (exact) mass is 289 g/mol. The lowest BCUT2D eigenvalue weighted by Gasteiger charge is -2.13. The highest BCUT2D eigenvalue weighted by molar-refractivity contribution is 7.03. The molecule has 0 fully saturated rings. The van der Waals surface area contributed by atoms with Crippen LogP contribution in [-0.2, 0) is 6.54 Å². The number of aryl methyl sites for hydroxylation is 1. The highest BCUT2D eigenvalue weighted by atomic mass is 32.1. The molecular formula is C14H15N3O2S. The molecule has 0 radical (unpaired) electrons. The van der Waals surface area contributed by atoms with E-state index in [0.29, 0.717) is 18.4 Å². The summed E-state index contributed by atoms with van der Waals surface area (Å²) in [6, 6.07) is 6.58. The Morgan fingerprint density at radius 2 is 2.25 bits per heavy atom. The molecule has 0 aliphatic heterocycles. The molecule has 1 aromatic carbocycles. The van der Waals surface area contributed by atoms with Crippen molar-refractivity contribution in [2.75, 3.05) is 19.1 Å². The molecule has 2 heterocycles. The summed E-state index contributed by atoms with van der Waals surface area (Å²) in [5.74, 6) is 0.661. The van der Waals surface area contributed by atoms with E-state index in [4.69, 9.17) is 9.15 Å². The van der Waals surface area contributed by atoms with E-state index in [1.54, 1.807) is 7.11 Å². The van der Waals surface area contributed by atoms with Crippen molar-refractivity contribution in [3.63, 3.8) is 0 Å². The van der Waals surface area contributed by atoms with Crippen LogP contribution in [-0.4, -0.2) is 23.5 Å². The van der Waals surface area contributed by atoms with Crippen molar-refractivity contribution in [2.45, 2.75) is 13.5 Å². The Kier molecular flexibility index (Phi) is 3.31. The highest BCUT2D eigenvalue weighted by Crippen LogP contribution is 2.25. The molecule has 104 valence electrons. The SMILES string of the molecule is COc1nscc1CN(C)c1nc2cc(C)ccc2o1. The zero-order valence-electron chi connectivity index (χ0n) is 11.6. The Morgan fingerprint density at radius 1 is 1.40 bits per heavy atom. The van der Waals surface area contributed by atoms with E-state index in [2.05, 4.69) is 9.36 Å². The largest absolute Gasteiger partial charge is 0.480 e. The summed E-state index contributed by atoms with van der Waals surface area (Å²) in [7, 11) is 3.56. The highest BCUT2D eigenvalue weighted by Gasteiger charge is 2.14. The second-order valence-corrected chi connectivity index (χ2v) is 5.30. The summed E-state index contributed by atoms with van der Waals surface area (Å²) in [6.45, 7) is 2.69. The first-order valence-corrected chi connectivity index (χ1v) is 7.06. The summed E-state index contributed by atoms with van der Waals surface area (Å²) < 4.78 is 15.2.